The van der Waals surface area contributed by atoms with Gasteiger partial charge >= 0.3 is 0 Å². The Kier molecular flexibility index (Phi) is 2.19. The molecule has 1 amide bonds. The van der Waals surface area contributed by atoms with E-state index in [0.717, 1.165) is 0 Å². The van der Waals surface area contributed by atoms with E-state index in [1.807, 2.05) is 0 Å². The summed E-state index contributed by atoms with van der Waals surface area (Å²) in [7, 11) is -3.53. The minimum Gasteiger partial charge on any atom is -0.493 e. The second-order valence-corrected chi connectivity index (χ2v) is 5.09. The van der Waals surface area contributed by atoms with E-state index in [9.17, 15) is 9.90 Å². The molecule has 0 aromatic heterocycles. The van der Waals surface area contributed by atoms with Gasteiger partial charge in [0.05, 0.1) is 32.8 Å². The van der Waals surface area contributed by atoms with Gasteiger partial charge in [-0.15, -0.1) is 0 Å². The summed E-state index contributed by atoms with van der Waals surface area (Å²) in [6.07, 6.45) is -4.83. The molecule has 2 N–H and O–H groups in total. The zero-order chi connectivity index (χ0) is 45.0. The number of methoxy groups -OCH3 is 1. The second-order valence-electron chi connectivity index (χ2n) is 5.09. The molecular formula is C23H31N3O4. The molecule has 1 aliphatic heterocycles. The van der Waals surface area contributed by atoms with Gasteiger partial charge < -0.3 is 19.9 Å². The normalized spacial score (nSPS) is 38.8. The fourth-order valence-electron chi connectivity index (χ4n) is 1.80. The van der Waals surface area contributed by atoms with Crippen molar-refractivity contribution in [1.82, 2.24) is 9.80 Å². The van der Waals surface area contributed by atoms with Crippen LogP contribution in [0.15, 0.2) is 48.3 Å². The number of benzene rings is 2. The predicted molar refractivity (Wildman–Crippen MR) is 117 cm³/mol. The molecule has 1 fully saturated rings. The van der Waals surface area contributed by atoms with Crippen LogP contribution in [0.5, 0.6) is 11.5 Å². The molecule has 1 aliphatic rings. The lowest BCUT2D eigenvalue weighted by molar-refractivity contribution is -0.117. The molecule has 1 heterocycles. The third kappa shape index (κ3) is 6.45. The summed E-state index contributed by atoms with van der Waals surface area (Å²) in [4.78, 5) is 11.7. The monoisotopic (exact) mass is 440 g/mol. The summed E-state index contributed by atoms with van der Waals surface area (Å²) < 4.78 is 228. The summed E-state index contributed by atoms with van der Waals surface area (Å²) in [6.45, 7) is -31.6. The van der Waals surface area contributed by atoms with E-state index >= 15 is 0 Å². The number of β-amino-alcohol motifs (C(OH)–C–C–N with tert-alkyl or cyclic N) is 1. The van der Waals surface area contributed by atoms with Gasteiger partial charge in [-0.1, -0.05) is 30.2 Å². The van der Waals surface area contributed by atoms with Gasteiger partial charge in [-0.3, -0.25) is 14.6 Å². The number of piperazine rings is 1. The van der Waals surface area contributed by atoms with Crippen LogP contribution in [0.1, 0.15) is 42.6 Å². The predicted octanol–water partition coefficient (Wildman–Crippen LogP) is 2.00. The third-order valence-electron chi connectivity index (χ3n) is 3.04. The molecule has 1 saturated heterocycles. The molecule has 3 rings (SSSR count). The van der Waals surface area contributed by atoms with E-state index in [1.54, 1.807) is 5.32 Å². The summed E-state index contributed by atoms with van der Waals surface area (Å²) in [5.41, 5.74) is -2.24. The molecule has 7 heteroatoms. The topological polar surface area (TPSA) is 74.3 Å². The SMILES string of the molecule is [2H]c1c([2H])c([2H])c(C([2H])([2H])[2H])c(NC(=O)CN2C([2H])([2H])C([2H])([2H])N(C([2H])([2H])C([2H])(O)C([2H])([2H])Oc3c([2H])c([2H])c([2H])c([2H])c3OC([2H])([2H])[2H])C([2H])([2H])C2([2H])[2H])c1[2H]. The van der Waals surface area contributed by atoms with Gasteiger partial charge in [0, 0.05) is 56.0 Å². The molecule has 7 nitrogen and oxygen atoms in total. The summed E-state index contributed by atoms with van der Waals surface area (Å²) in [6, 6.07) is -9.50. The van der Waals surface area contributed by atoms with Crippen molar-refractivity contribution in [3.63, 3.8) is 0 Å². The van der Waals surface area contributed by atoms with Crippen LogP contribution in [0, 0.1) is 6.85 Å². The maximum absolute atomic E-state index is 13.3. The smallest absolute Gasteiger partial charge is 0.238 e. The van der Waals surface area contributed by atoms with Crippen LogP contribution in [0.3, 0.4) is 0 Å². The Bertz CT molecular complexity index is 1920. The molecular weight excluding hydrogens is 382 g/mol. The minimum atomic E-state index is -4.83. The summed E-state index contributed by atoms with van der Waals surface area (Å²) in [5, 5.41) is 13.0. The molecule has 0 spiro atoms. The van der Waals surface area contributed by atoms with Crippen molar-refractivity contribution in [3.8, 4) is 11.5 Å². The molecule has 1 atom stereocenters. The van der Waals surface area contributed by atoms with Crippen molar-refractivity contribution in [2.24, 2.45) is 0 Å². The van der Waals surface area contributed by atoms with Gasteiger partial charge in [-0.05, 0) is 30.5 Å². The van der Waals surface area contributed by atoms with E-state index < -0.39 is 152 Å². The van der Waals surface area contributed by atoms with Crippen molar-refractivity contribution in [3.05, 3.63) is 53.9 Å². The van der Waals surface area contributed by atoms with E-state index in [2.05, 4.69) is 4.74 Å². The molecule has 0 aliphatic carbocycles. The van der Waals surface area contributed by atoms with Gasteiger partial charge in [-0.25, -0.2) is 0 Å². The summed E-state index contributed by atoms with van der Waals surface area (Å²) >= 11 is 0. The highest BCUT2D eigenvalue weighted by molar-refractivity contribution is 5.92. The minimum absolute atomic E-state index is 0.477. The molecule has 2 aromatic rings. The number of nitrogens with one attached hydrogen (secondary N) is 1. The van der Waals surface area contributed by atoms with Gasteiger partial charge in [0.2, 0.25) is 5.91 Å². The first-order valence-corrected chi connectivity index (χ1v) is 7.78. The lowest BCUT2D eigenvalue weighted by Gasteiger charge is -2.35. The Labute approximate surface area is 216 Å². The van der Waals surface area contributed by atoms with Crippen LogP contribution >= 0.6 is 0 Å². The van der Waals surface area contributed by atoms with Gasteiger partial charge in [0.25, 0.3) is 0 Å². The third-order valence-corrected chi connectivity index (χ3v) is 3.04. The average molecular weight is 441 g/mol. The number of carbonyl (C=O) groups excluding carboxylic acids is 1. The van der Waals surface area contributed by atoms with Gasteiger partial charge in [0.15, 0.2) is 11.5 Å². The van der Waals surface area contributed by atoms with Crippen molar-refractivity contribution >= 4 is 11.6 Å². The molecule has 0 bridgehead atoms. The molecule has 0 radical (unpaired) electrons. The number of ether oxygens (including phenoxy) is 2. The first kappa shape index (κ1) is 6.00. The number of nitrogens with zero attached hydrogens (tertiary/aromatic N) is 2. The van der Waals surface area contributed by atoms with Gasteiger partial charge in [0.1, 0.15) is 12.6 Å². The standard InChI is InChI=1S/C23H31N3O4/c1-18-7-3-4-8-20(18)24-23(28)16-26-13-11-25(12-14-26)15-19(27)17-30-22-10-6-5-9-21(22)29-2/h3-10,19,27H,11-17H2,1-2H3,(H,24,28)/i1D3,2D3,3D,4D,5D,6D,7D,8D,9D,10D,11D2,12D2,13D2,14D2,15D2,17D2,19D. The molecule has 0 saturated carbocycles. The van der Waals surface area contributed by atoms with E-state index in [4.69, 9.17) is 41.7 Å². The Balaban J connectivity index is 2.18. The van der Waals surface area contributed by atoms with Crippen LogP contribution in [0.4, 0.5) is 5.69 Å². The fourth-order valence-corrected chi connectivity index (χ4v) is 1.80. The number of rotatable bonds is 9. The van der Waals surface area contributed by atoms with Gasteiger partial charge in [-0.2, -0.15) is 0 Å². The Morgan fingerprint density at radius 1 is 1.23 bits per heavy atom. The highest BCUT2D eigenvalue weighted by atomic mass is 16.5. The van der Waals surface area contributed by atoms with Crippen molar-refractivity contribution in [1.29, 1.82) is 0 Å². The maximum atomic E-state index is 13.3. The number of anilines is 1. The zero-order valence-electron chi connectivity index (χ0n) is 41.8. The number of hydrogen-bond acceptors (Lipinski definition) is 6. The molecule has 30 heavy (non-hydrogen) atoms. The quantitative estimate of drug-likeness (QED) is 0.621. The number of hydrogen-bond donors (Lipinski definition) is 2. The van der Waals surface area contributed by atoms with E-state index in [-0.39, 0.29) is 0 Å². The van der Waals surface area contributed by atoms with Crippen molar-refractivity contribution in [2.45, 2.75) is 12.9 Å². The lowest BCUT2D eigenvalue weighted by atomic mass is 10.2. The number of aliphatic hydroxyl groups is 1. The van der Waals surface area contributed by atoms with Crippen LogP contribution < -0.4 is 14.8 Å². The molecule has 1 unspecified atom stereocenters. The largest absolute Gasteiger partial charge is 0.493 e. The molecule has 2 aromatic carbocycles. The highest BCUT2D eigenvalue weighted by Crippen LogP contribution is 2.25. The maximum Gasteiger partial charge on any atom is 0.238 e. The summed E-state index contributed by atoms with van der Waals surface area (Å²) in [5.74, 6) is -4.78. The number of amides is 1. The first-order chi connectivity index (χ1) is 25.1. The lowest BCUT2D eigenvalue weighted by Crippen LogP contribution is -2.50. The van der Waals surface area contributed by atoms with Crippen LogP contribution in [-0.4, -0.2) is 79.5 Å². The van der Waals surface area contributed by atoms with E-state index in [0.29, 0.717) is 0 Å². The second kappa shape index (κ2) is 11.0. The van der Waals surface area contributed by atoms with E-state index in [1.165, 1.54) is 0 Å². The first-order valence-electron chi connectivity index (χ1n) is 21.3. The Morgan fingerprint density at radius 2 is 1.93 bits per heavy atom. The highest BCUT2D eigenvalue weighted by Gasteiger charge is 2.21. The zero-order valence-corrected chi connectivity index (χ0v) is 14.8. The van der Waals surface area contributed by atoms with Crippen molar-refractivity contribution in [2.75, 3.05) is 57.9 Å². The van der Waals surface area contributed by atoms with Crippen LogP contribution in [-0.2, 0) is 4.79 Å². The Morgan fingerprint density at radius 3 is 2.70 bits per heavy atom. The van der Waals surface area contributed by atoms with Crippen LogP contribution in [0.2, 0.25) is 0 Å². The Hall–Kier alpha value is -2.61. The molecule has 162 valence electrons. The average Bonchev–Trinajstić information content (AvgIpc) is 3.02. The number of carbonyl (C=O) groups is 1. The van der Waals surface area contributed by atoms with Crippen LogP contribution in [0.25, 0.3) is 0 Å². The fraction of sp³-hybridized carbons (Fsp3) is 0.435. The van der Waals surface area contributed by atoms with Crippen molar-refractivity contribution < 1.29 is 56.4 Å². The number of para-hydroxylation sites is 3.